The van der Waals surface area contributed by atoms with Crippen LogP contribution in [0, 0.1) is 0 Å². The molecule has 0 saturated carbocycles. The fourth-order valence-corrected chi connectivity index (χ4v) is 3.44. The number of ether oxygens (including phenoxy) is 1. The first-order valence-electron chi connectivity index (χ1n) is 9.68. The first kappa shape index (κ1) is 18.7. The van der Waals surface area contributed by atoms with Crippen molar-refractivity contribution in [3.05, 3.63) is 90.0 Å². The average molecular weight is 386 g/mol. The maximum Gasteiger partial charge on any atom is 0.264 e. The van der Waals surface area contributed by atoms with Gasteiger partial charge in [0.25, 0.3) is 11.8 Å². The topological polar surface area (TPSA) is 58.6 Å². The molecule has 0 fully saturated rings. The van der Waals surface area contributed by atoms with Gasteiger partial charge in [0.15, 0.2) is 6.61 Å². The lowest BCUT2D eigenvalue weighted by molar-refractivity contribution is -0.120. The summed E-state index contributed by atoms with van der Waals surface area (Å²) < 4.78 is 5.68. The van der Waals surface area contributed by atoms with Gasteiger partial charge in [-0.15, -0.1) is 0 Å². The van der Waals surface area contributed by atoms with Crippen LogP contribution in [0.3, 0.4) is 0 Å². The first-order chi connectivity index (χ1) is 14.2. The van der Waals surface area contributed by atoms with Crippen LogP contribution >= 0.6 is 0 Å². The number of anilines is 2. The van der Waals surface area contributed by atoms with Crippen LogP contribution in [-0.4, -0.2) is 25.0 Å². The summed E-state index contributed by atoms with van der Waals surface area (Å²) in [5.41, 5.74) is 3.44. The average Bonchev–Trinajstić information content (AvgIpc) is 2.78. The molecular weight excluding hydrogens is 364 g/mol. The molecule has 1 N–H and O–H groups in total. The second-order valence-corrected chi connectivity index (χ2v) is 6.91. The van der Waals surface area contributed by atoms with E-state index in [4.69, 9.17) is 4.74 Å². The molecule has 1 heterocycles. The SMILES string of the molecule is O=C(Nc1ccc(OCC(=O)N2CCCc3ccccc32)cc1)c1ccccc1. The van der Waals surface area contributed by atoms with Gasteiger partial charge >= 0.3 is 0 Å². The van der Waals surface area contributed by atoms with Gasteiger partial charge in [0.2, 0.25) is 0 Å². The van der Waals surface area contributed by atoms with Gasteiger partial charge in [0, 0.05) is 23.5 Å². The minimum absolute atomic E-state index is 0.0238. The van der Waals surface area contributed by atoms with Crippen LogP contribution in [0.2, 0.25) is 0 Å². The Balaban J connectivity index is 1.34. The number of carbonyl (C=O) groups is 2. The van der Waals surface area contributed by atoms with Crippen molar-refractivity contribution in [1.29, 1.82) is 0 Å². The number of carbonyl (C=O) groups excluding carboxylic acids is 2. The van der Waals surface area contributed by atoms with Crippen molar-refractivity contribution in [2.75, 3.05) is 23.4 Å². The largest absolute Gasteiger partial charge is 0.484 e. The molecule has 0 aromatic heterocycles. The number of rotatable bonds is 5. The Morgan fingerprint density at radius 1 is 0.897 bits per heavy atom. The molecule has 1 aliphatic heterocycles. The summed E-state index contributed by atoms with van der Waals surface area (Å²) in [5, 5.41) is 2.84. The van der Waals surface area contributed by atoms with Gasteiger partial charge in [-0.1, -0.05) is 36.4 Å². The highest BCUT2D eigenvalue weighted by Gasteiger charge is 2.22. The van der Waals surface area contributed by atoms with Gasteiger partial charge in [0.05, 0.1) is 0 Å². The van der Waals surface area contributed by atoms with E-state index in [1.54, 1.807) is 41.3 Å². The predicted molar refractivity (Wildman–Crippen MR) is 113 cm³/mol. The highest BCUT2D eigenvalue weighted by Crippen LogP contribution is 2.27. The number of para-hydroxylation sites is 1. The lowest BCUT2D eigenvalue weighted by atomic mass is 10.0. The van der Waals surface area contributed by atoms with Crippen molar-refractivity contribution >= 4 is 23.2 Å². The van der Waals surface area contributed by atoms with Crippen molar-refractivity contribution in [3.8, 4) is 5.75 Å². The fourth-order valence-electron chi connectivity index (χ4n) is 3.44. The number of hydrogen-bond acceptors (Lipinski definition) is 3. The molecule has 5 heteroatoms. The summed E-state index contributed by atoms with van der Waals surface area (Å²) in [6, 6.07) is 24.1. The number of fused-ring (bicyclic) bond motifs is 1. The number of amides is 2. The summed E-state index contributed by atoms with van der Waals surface area (Å²) >= 11 is 0. The van der Waals surface area contributed by atoms with Crippen LogP contribution in [0.25, 0.3) is 0 Å². The van der Waals surface area contributed by atoms with E-state index in [2.05, 4.69) is 11.4 Å². The molecule has 0 bridgehead atoms. The van der Waals surface area contributed by atoms with Crippen LogP contribution in [0.4, 0.5) is 11.4 Å². The molecule has 1 aliphatic rings. The van der Waals surface area contributed by atoms with E-state index < -0.39 is 0 Å². The summed E-state index contributed by atoms with van der Waals surface area (Å²) in [4.78, 5) is 26.6. The van der Waals surface area contributed by atoms with Crippen molar-refractivity contribution in [2.45, 2.75) is 12.8 Å². The van der Waals surface area contributed by atoms with Crippen LogP contribution < -0.4 is 15.0 Å². The van der Waals surface area contributed by atoms with Crippen molar-refractivity contribution < 1.29 is 14.3 Å². The zero-order chi connectivity index (χ0) is 20.1. The number of hydrogen-bond donors (Lipinski definition) is 1. The molecule has 3 aromatic carbocycles. The standard InChI is InChI=1S/C24H22N2O3/c27-23(26-16-6-10-18-7-4-5-11-22(18)26)17-29-21-14-12-20(13-15-21)25-24(28)19-8-2-1-3-9-19/h1-5,7-9,11-15H,6,10,16-17H2,(H,25,28). The number of nitrogens with zero attached hydrogens (tertiary/aromatic N) is 1. The zero-order valence-corrected chi connectivity index (χ0v) is 16.0. The van der Waals surface area contributed by atoms with E-state index in [0.717, 1.165) is 18.5 Å². The second kappa shape index (κ2) is 8.61. The Bertz CT molecular complexity index is 1000. The van der Waals surface area contributed by atoms with E-state index in [9.17, 15) is 9.59 Å². The molecule has 3 aromatic rings. The molecule has 0 unspecified atom stereocenters. The molecular formula is C24H22N2O3. The van der Waals surface area contributed by atoms with Crippen molar-refractivity contribution in [2.24, 2.45) is 0 Å². The van der Waals surface area contributed by atoms with Crippen LogP contribution in [0.15, 0.2) is 78.9 Å². The Morgan fingerprint density at radius 3 is 2.41 bits per heavy atom. The minimum atomic E-state index is -0.168. The van der Waals surface area contributed by atoms with Crippen molar-refractivity contribution in [1.82, 2.24) is 0 Å². The normalized spacial score (nSPS) is 12.8. The van der Waals surface area contributed by atoms with Crippen LogP contribution in [-0.2, 0) is 11.2 Å². The maximum absolute atomic E-state index is 12.6. The van der Waals surface area contributed by atoms with Crippen LogP contribution in [0.1, 0.15) is 22.3 Å². The molecule has 0 aliphatic carbocycles. The summed E-state index contributed by atoms with van der Waals surface area (Å²) in [5.74, 6) is 0.359. The third-order valence-electron chi connectivity index (χ3n) is 4.92. The second-order valence-electron chi connectivity index (χ2n) is 6.91. The molecule has 4 rings (SSSR count). The number of nitrogens with one attached hydrogen (secondary N) is 1. The van der Waals surface area contributed by atoms with Gasteiger partial charge in [-0.3, -0.25) is 9.59 Å². The number of benzene rings is 3. The van der Waals surface area contributed by atoms with E-state index in [1.165, 1.54) is 5.56 Å². The molecule has 146 valence electrons. The van der Waals surface area contributed by atoms with Gasteiger partial charge < -0.3 is 15.0 Å². The lowest BCUT2D eigenvalue weighted by Gasteiger charge is -2.29. The zero-order valence-electron chi connectivity index (χ0n) is 16.0. The van der Waals surface area contributed by atoms with Crippen LogP contribution in [0.5, 0.6) is 5.75 Å². The summed E-state index contributed by atoms with van der Waals surface area (Å²) in [7, 11) is 0. The Morgan fingerprint density at radius 2 is 1.62 bits per heavy atom. The van der Waals surface area contributed by atoms with E-state index in [1.807, 2.05) is 36.4 Å². The third-order valence-corrected chi connectivity index (χ3v) is 4.92. The highest BCUT2D eigenvalue weighted by molar-refractivity contribution is 6.04. The predicted octanol–water partition coefficient (Wildman–Crippen LogP) is 4.30. The Hall–Kier alpha value is -3.60. The molecule has 2 amide bonds. The van der Waals surface area contributed by atoms with E-state index >= 15 is 0 Å². The minimum Gasteiger partial charge on any atom is -0.484 e. The van der Waals surface area contributed by atoms with Gasteiger partial charge in [-0.25, -0.2) is 0 Å². The Labute approximate surface area is 169 Å². The summed E-state index contributed by atoms with van der Waals surface area (Å²) in [6.45, 7) is 0.688. The molecule has 0 radical (unpaired) electrons. The van der Waals surface area contributed by atoms with E-state index in [-0.39, 0.29) is 18.4 Å². The molecule has 5 nitrogen and oxygen atoms in total. The molecule has 0 atom stereocenters. The monoisotopic (exact) mass is 386 g/mol. The molecule has 29 heavy (non-hydrogen) atoms. The number of aryl methyl sites for hydroxylation is 1. The summed E-state index contributed by atoms with van der Waals surface area (Å²) in [6.07, 6.45) is 1.95. The highest BCUT2D eigenvalue weighted by atomic mass is 16.5. The van der Waals surface area contributed by atoms with Gasteiger partial charge in [-0.2, -0.15) is 0 Å². The lowest BCUT2D eigenvalue weighted by Crippen LogP contribution is -2.38. The van der Waals surface area contributed by atoms with E-state index in [0.29, 0.717) is 23.5 Å². The molecule has 0 spiro atoms. The molecule has 0 saturated heterocycles. The van der Waals surface area contributed by atoms with Gasteiger partial charge in [0.1, 0.15) is 5.75 Å². The first-order valence-corrected chi connectivity index (χ1v) is 9.68. The quantitative estimate of drug-likeness (QED) is 0.711. The smallest absolute Gasteiger partial charge is 0.264 e. The maximum atomic E-state index is 12.6. The van der Waals surface area contributed by atoms with Gasteiger partial charge in [-0.05, 0) is 60.9 Å². The van der Waals surface area contributed by atoms with Crippen molar-refractivity contribution in [3.63, 3.8) is 0 Å². The third kappa shape index (κ3) is 4.46. The Kier molecular flexibility index (Phi) is 5.56. The fraction of sp³-hybridized carbons (Fsp3) is 0.167.